The van der Waals surface area contributed by atoms with Gasteiger partial charge in [-0.05, 0) is 25.0 Å². The first-order valence-corrected chi connectivity index (χ1v) is 9.84. The fourth-order valence-corrected chi connectivity index (χ4v) is 3.60. The Morgan fingerprint density at radius 1 is 1.14 bits per heavy atom. The maximum Gasteiger partial charge on any atom is 0.255 e. The molecule has 2 N–H and O–H groups in total. The van der Waals surface area contributed by atoms with E-state index in [1.807, 2.05) is 4.90 Å². The van der Waals surface area contributed by atoms with Crippen LogP contribution in [0.25, 0.3) is 0 Å². The van der Waals surface area contributed by atoms with Gasteiger partial charge in [0.25, 0.3) is 5.91 Å². The third-order valence-corrected chi connectivity index (χ3v) is 5.21. The molecular formula is C20H28N4O5. The van der Waals surface area contributed by atoms with Gasteiger partial charge in [0.2, 0.25) is 11.8 Å². The lowest BCUT2D eigenvalue weighted by Gasteiger charge is -2.27. The summed E-state index contributed by atoms with van der Waals surface area (Å²) in [6, 6.07) is 4.73. The number of hydrogen-bond acceptors (Lipinski definition) is 6. The second-order valence-corrected chi connectivity index (χ2v) is 7.20. The van der Waals surface area contributed by atoms with Gasteiger partial charge < -0.3 is 25.0 Å². The van der Waals surface area contributed by atoms with Crippen LogP contribution in [0.3, 0.4) is 0 Å². The predicted molar refractivity (Wildman–Crippen MR) is 106 cm³/mol. The van der Waals surface area contributed by atoms with Gasteiger partial charge in [0.05, 0.1) is 31.8 Å². The third-order valence-electron chi connectivity index (χ3n) is 5.21. The molecule has 0 aromatic heterocycles. The van der Waals surface area contributed by atoms with E-state index in [0.717, 1.165) is 0 Å². The van der Waals surface area contributed by atoms with Gasteiger partial charge in [0, 0.05) is 32.7 Å². The van der Waals surface area contributed by atoms with Gasteiger partial charge in [0.15, 0.2) is 0 Å². The lowest BCUT2D eigenvalue weighted by Crippen LogP contribution is -2.47. The molecule has 3 amide bonds. The zero-order valence-electron chi connectivity index (χ0n) is 16.9. The molecule has 9 nitrogen and oxygen atoms in total. The van der Waals surface area contributed by atoms with Crippen LogP contribution in [-0.4, -0.2) is 87.1 Å². The van der Waals surface area contributed by atoms with Crippen LogP contribution in [0.2, 0.25) is 0 Å². The summed E-state index contributed by atoms with van der Waals surface area (Å²) in [7, 11) is 3.32. The smallest absolute Gasteiger partial charge is 0.255 e. The van der Waals surface area contributed by atoms with Crippen LogP contribution in [0.5, 0.6) is 11.5 Å². The van der Waals surface area contributed by atoms with E-state index in [1.165, 1.54) is 0 Å². The van der Waals surface area contributed by atoms with Crippen molar-refractivity contribution in [2.45, 2.75) is 18.9 Å². The summed E-state index contributed by atoms with van der Waals surface area (Å²) in [5.74, 6) is 0.655. The first-order valence-electron chi connectivity index (χ1n) is 9.84. The minimum absolute atomic E-state index is 0.0363. The monoisotopic (exact) mass is 404 g/mol. The summed E-state index contributed by atoms with van der Waals surface area (Å²) < 4.78 is 10.9. The SMILES string of the molecule is COc1ccc2c(c1)OCCNC(=O)CN(C1CCN(C)C1=O)CCCNC2=O. The van der Waals surface area contributed by atoms with Gasteiger partial charge in [-0.1, -0.05) is 0 Å². The molecule has 1 aromatic rings. The number of fused-ring (bicyclic) bond motifs is 1. The zero-order chi connectivity index (χ0) is 20.8. The molecule has 1 fully saturated rings. The Balaban J connectivity index is 1.72. The van der Waals surface area contributed by atoms with Crippen LogP contribution >= 0.6 is 0 Å². The Morgan fingerprint density at radius 2 is 1.97 bits per heavy atom. The minimum atomic E-state index is -0.293. The summed E-state index contributed by atoms with van der Waals surface area (Å²) in [6.45, 7) is 2.31. The average molecular weight is 404 g/mol. The zero-order valence-corrected chi connectivity index (χ0v) is 16.9. The molecule has 1 saturated heterocycles. The molecule has 0 radical (unpaired) electrons. The largest absolute Gasteiger partial charge is 0.497 e. The number of benzene rings is 1. The number of amides is 3. The van der Waals surface area contributed by atoms with E-state index in [9.17, 15) is 14.4 Å². The molecule has 0 saturated carbocycles. The molecule has 9 heteroatoms. The quantitative estimate of drug-likeness (QED) is 0.712. The van der Waals surface area contributed by atoms with E-state index in [-0.39, 0.29) is 36.9 Å². The molecule has 2 aliphatic rings. The summed E-state index contributed by atoms with van der Waals surface area (Å²) in [6.07, 6.45) is 1.33. The van der Waals surface area contributed by atoms with Crippen molar-refractivity contribution in [2.75, 3.05) is 53.5 Å². The highest BCUT2D eigenvalue weighted by molar-refractivity contribution is 5.97. The number of likely N-dealkylation sites (N-methyl/N-ethyl adjacent to an activating group) is 1. The Morgan fingerprint density at radius 3 is 2.69 bits per heavy atom. The molecule has 29 heavy (non-hydrogen) atoms. The predicted octanol–water partition coefficient (Wildman–Crippen LogP) is -0.144. The molecule has 2 heterocycles. The van der Waals surface area contributed by atoms with E-state index >= 15 is 0 Å². The lowest BCUT2D eigenvalue weighted by atomic mass is 10.1. The molecule has 0 bridgehead atoms. The van der Waals surface area contributed by atoms with Crippen molar-refractivity contribution in [3.63, 3.8) is 0 Å². The topological polar surface area (TPSA) is 100 Å². The number of carbonyl (C=O) groups is 3. The summed E-state index contributed by atoms with van der Waals surface area (Å²) in [4.78, 5) is 40.9. The molecule has 1 aromatic carbocycles. The molecular weight excluding hydrogens is 376 g/mol. The number of hydrogen-bond donors (Lipinski definition) is 2. The summed E-state index contributed by atoms with van der Waals surface area (Å²) in [5, 5.41) is 5.71. The Labute approximate surface area is 170 Å². The van der Waals surface area contributed by atoms with Crippen molar-refractivity contribution in [3.8, 4) is 11.5 Å². The Kier molecular flexibility index (Phi) is 6.92. The fraction of sp³-hybridized carbons (Fsp3) is 0.550. The van der Waals surface area contributed by atoms with Crippen LogP contribution in [0.1, 0.15) is 23.2 Å². The second-order valence-electron chi connectivity index (χ2n) is 7.20. The standard InChI is InChI=1S/C20H28N4O5/c1-23-10-6-16(20(23)27)24-9-3-7-22-19(26)15-5-4-14(28-2)12-17(15)29-11-8-21-18(25)13-24/h4-5,12,16H,3,6-11,13H2,1-2H3,(H,21,25)(H,22,26). The highest BCUT2D eigenvalue weighted by Crippen LogP contribution is 2.25. The van der Waals surface area contributed by atoms with Crippen molar-refractivity contribution in [3.05, 3.63) is 23.8 Å². The molecule has 1 atom stereocenters. The van der Waals surface area contributed by atoms with Gasteiger partial charge in [-0.25, -0.2) is 0 Å². The summed E-state index contributed by atoms with van der Waals surface area (Å²) >= 11 is 0. The third kappa shape index (κ3) is 5.17. The van der Waals surface area contributed by atoms with Gasteiger partial charge in [0.1, 0.15) is 18.1 Å². The molecule has 2 aliphatic heterocycles. The molecule has 1 unspecified atom stereocenters. The number of rotatable bonds is 2. The first-order chi connectivity index (χ1) is 14.0. The number of likely N-dealkylation sites (tertiary alicyclic amines) is 1. The van der Waals surface area contributed by atoms with E-state index in [0.29, 0.717) is 56.1 Å². The van der Waals surface area contributed by atoms with Crippen molar-refractivity contribution < 1.29 is 23.9 Å². The maximum absolute atomic E-state index is 12.6. The lowest BCUT2D eigenvalue weighted by molar-refractivity contribution is -0.132. The van der Waals surface area contributed by atoms with Gasteiger partial charge in [-0.15, -0.1) is 0 Å². The fourth-order valence-electron chi connectivity index (χ4n) is 3.60. The van der Waals surface area contributed by atoms with Crippen LogP contribution < -0.4 is 20.1 Å². The van der Waals surface area contributed by atoms with Crippen molar-refractivity contribution in [2.24, 2.45) is 0 Å². The Hall–Kier alpha value is -2.81. The van der Waals surface area contributed by atoms with Crippen molar-refractivity contribution in [1.29, 1.82) is 0 Å². The normalized spacial score (nSPS) is 22.2. The maximum atomic E-state index is 12.6. The number of nitrogens with one attached hydrogen (secondary N) is 2. The van der Waals surface area contributed by atoms with Crippen LogP contribution in [0.15, 0.2) is 18.2 Å². The highest BCUT2D eigenvalue weighted by Gasteiger charge is 2.34. The van der Waals surface area contributed by atoms with Crippen LogP contribution in [0, 0.1) is 0 Å². The van der Waals surface area contributed by atoms with E-state index < -0.39 is 0 Å². The summed E-state index contributed by atoms with van der Waals surface area (Å²) in [5.41, 5.74) is 0.415. The number of carbonyl (C=O) groups excluding carboxylic acids is 3. The molecule has 158 valence electrons. The van der Waals surface area contributed by atoms with Crippen molar-refractivity contribution >= 4 is 17.7 Å². The van der Waals surface area contributed by atoms with Crippen LogP contribution in [-0.2, 0) is 9.59 Å². The van der Waals surface area contributed by atoms with E-state index in [1.54, 1.807) is 37.3 Å². The molecule has 0 spiro atoms. The van der Waals surface area contributed by atoms with Gasteiger partial charge in [-0.2, -0.15) is 0 Å². The van der Waals surface area contributed by atoms with E-state index in [2.05, 4.69) is 10.6 Å². The second kappa shape index (κ2) is 9.60. The van der Waals surface area contributed by atoms with Gasteiger partial charge in [-0.3, -0.25) is 19.3 Å². The number of methoxy groups -OCH3 is 1. The average Bonchev–Trinajstić information content (AvgIpc) is 3.05. The van der Waals surface area contributed by atoms with Crippen LogP contribution in [0.4, 0.5) is 0 Å². The Bertz CT molecular complexity index is 769. The number of ether oxygens (including phenoxy) is 2. The van der Waals surface area contributed by atoms with E-state index in [4.69, 9.17) is 9.47 Å². The first kappa shape index (κ1) is 20.9. The minimum Gasteiger partial charge on any atom is -0.497 e. The van der Waals surface area contributed by atoms with Gasteiger partial charge >= 0.3 is 0 Å². The number of nitrogens with zero attached hydrogens (tertiary/aromatic N) is 2. The molecule has 0 aliphatic carbocycles. The van der Waals surface area contributed by atoms with Crippen molar-refractivity contribution in [1.82, 2.24) is 20.4 Å². The molecule has 3 rings (SSSR count). The highest BCUT2D eigenvalue weighted by atomic mass is 16.5.